The normalized spacial score (nSPS) is 11.2. The van der Waals surface area contributed by atoms with Crippen LogP contribution in [0.5, 0.6) is 11.5 Å². The van der Waals surface area contributed by atoms with E-state index in [4.69, 9.17) is 30.9 Å². The summed E-state index contributed by atoms with van der Waals surface area (Å²) in [7, 11) is 4.36. The van der Waals surface area contributed by atoms with E-state index in [9.17, 15) is 14.9 Å². The first kappa shape index (κ1) is 30.4. The number of nitrogens with zero attached hydrogens (tertiary/aromatic N) is 3. The number of halogens is 1. The molecule has 42 heavy (non-hydrogen) atoms. The molecule has 0 aliphatic rings. The van der Waals surface area contributed by atoms with E-state index in [-0.39, 0.29) is 17.1 Å². The molecule has 0 fully saturated rings. The molecule has 0 atom stereocenters. The molecule has 0 aliphatic carbocycles. The lowest BCUT2D eigenvalue weighted by atomic mass is 10.1. The fourth-order valence-corrected chi connectivity index (χ4v) is 5.40. The number of carbonyl (C=O) groups is 2. The van der Waals surface area contributed by atoms with Crippen LogP contribution in [0.25, 0.3) is 17.3 Å². The lowest BCUT2D eigenvalue weighted by Gasteiger charge is -2.09. The van der Waals surface area contributed by atoms with Crippen molar-refractivity contribution in [2.75, 3.05) is 26.6 Å². The van der Waals surface area contributed by atoms with Gasteiger partial charge in [0.05, 0.1) is 39.1 Å². The van der Waals surface area contributed by atoms with Crippen molar-refractivity contribution in [3.05, 3.63) is 86.9 Å². The van der Waals surface area contributed by atoms with Gasteiger partial charge in [0.2, 0.25) is 0 Å². The minimum atomic E-state index is -0.670. The maximum absolute atomic E-state index is 13.3. The van der Waals surface area contributed by atoms with Gasteiger partial charge in [-0.3, -0.25) is 9.48 Å². The van der Waals surface area contributed by atoms with Crippen LogP contribution in [0.3, 0.4) is 0 Å². The van der Waals surface area contributed by atoms with Gasteiger partial charge >= 0.3 is 5.97 Å². The zero-order valence-electron chi connectivity index (χ0n) is 23.7. The number of aromatic nitrogens is 2. The van der Waals surface area contributed by atoms with Crippen LogP contribution in [-0.4, -0.2) is 43.0 Å². The fraction of sp³-hybridized carbons (Fsp3) is 0.226. The number of rotatable bonds is 10. The highest BCUT2D eigenvalue weighted by atomic mass is 35.5. The van der Waals surface area contributed by atoms with E-state index in [2.05, 4.69) is 5.32 Å². The third-order valence-corrected chi connectivity index (χ3v) is 8.07. The van der Waals surface area contributed by atoms with Crippen LogP contribution < -0.4 is 14.8 Å². The van der Waals surface area contributed by atoms with Gasteiger partial charge in [0.15, 0.2) is 11.5 Å². The van der Waals surface area contributed by atoms with Gasteiger partial charge in [0, 0.05) is 27.2 Å². The zero-order valence-corrected chi connectivity index (χ0v) is 25.3. The fourth-order valence-electron chi connectivity index (χ4n) is 4.16. The number of thiophene rings is 1. The number of anilines is 1. The summed E-state index contributed by atoms with van der Waals surface area (Å²) in [6.45, 7) is 4.32. The van der Waals surface area contributed by atoms with Gasteiger partial charge in [-0.2, -0.15) is 10.4 Å². The molecule has 0 unspecified atom stereocenters. The highest BCUT2D eigenvalue weighted by Gasteiger charge is 2.22. The second kappa shape index (κ2) is 13.4. The standard InChI is InChI=1S/C31H29ClN4O5S/c1-18(2)27-14-23(31(38)41-5)30(42-27)34-29(37)21(15-33)12-22-17-36(16-20-8-6-7-9-24(20)32)35-28(22)19-10-11-25(39-3)26(13-19)40-4/h6-14,17-18H,16H2,1-5H3,(H,34,37)/b21-12+. The first-order chi connectivity index (χ1) is 20.2. The number of nitrogens with one attached hydrogen (secondary N) is 1. The summed E-state index contributed by atoms with van der Waals surface area (Å²) >= 11 is 7.66. The van der Waals surface area contributed by atoms with Crippen molar-refractivity contribution in [2.45, 2.75) is 26.3 Å². The van der Waals surface area contributed by atoms with Crippen molar-refractivity contribution < 1.29 is 23.8 Å². The molecule has 2 aromatic carbocycles. The van der Waals surface area contributed by atoms with Crippen molar-refractivity contribution in [2.24, 2.45) is 0 Å². The monoisotopic (exact) mass is 604 g/mol. The first-order valence-corrected chi connectivity index (χ1v) is 14.1. The summed E-state index contributed by atoms with van der Waals surface area (Å²) in [5.74, 6) is -0.0747. The average molecular weight is 605 g/mol. The molecule has 0 saturated carbocycles. The second-order valence-electron chi connectivity index (χ2n) is 9.45. The second-order valence-corrected chi connectivity index (χ2v) is 10.9. The van der Waals surface area contributed by atoms with Crippen LogP contribution in [0.15, 0.2) is 60.3 Å². The van der Waals surface area contributed by atoms with E-state index < -0.39 is 11.9 Å². The predicted molar refractivity (Wildman–Crippen MR) is 163 cm³/mol. The highest BCUT2D eigenvalue weighted by Crippen LogP contribution is 2.35. The molecule has 1 amide bonds. The lowest BCUT2D eigenvalue weighted by molar-refractivity contribution is -0.112. The van der Waals surface area contributed by atoms with Gasteiger partial charge in [-0.25, -0.2) is 4.79 Å². The number of hydrogen-bond acceptors (Lipinski definition) is 8. The molecule has 0 spiro atoms. The van der Waals surface area contributed by atoms with Gasteiger partial charge in [-0.05, 0) is 47.9 Å². The summed E-state index contributed by atoms with van der Waals surface area (Å²) in [4.78, 5) is 26.6. The number of carbonyl (C=O) groups excluding carboxylic acids is 2. The maximum atomic E-state index is 13.3. The van der Waals surface area contributed by atoms with Gasteiger partial charge in [-0.15, -0.1) is 11.3 Å². The molecule has 0 aliphatic heterocycles. The molecule has 0 bridgehead atoms. The largest absolute Gasteiger partial charge is 0.493 e. The minimum Gasteiger partial charge on any atom is -0.493 e. The number of hydrogen-bond donors (Lipinski definition) is 1. The smallest absolute Gasteiger partial charge is 0.340 e. The number of benzene rings is 2. The number of ether oxygens (including phenoxy) is 3. The number of methoxy groups -OCH3 is 3. The SMILES string of the molecule is COC(=O)c1cc(C(C)C)sc1NC(=O)/C(C#N)=C/c1cn(Cc2ccccc2Cl)nc1-c1ccc(OC)c(OC)c1. The summed E-state index contributed by atoms with van der Waals surface area (Å²) in [6.07, 6.45) is 3.20. The Morgan fingerprint density at radius 2 is 1.86 bits per heavy atom. The van der Waals surface area contributed by atoms with E-state index in [0.29, 0.717) is 44.9 Å². The maximum Gasteiger partial charge on any atom is 0.340 e. The van der Waals surface area contributed by atoms with E-state index >= 15 is 0 Å². The Balaban J connectivity index is 1.77. The molecule has 1 N–H and O–H groups in total. The third-order valence-electron chi connectivity index (χ3n) is 6.35. The van der Waals surface area contributed by atoms with Crippen LogP contribution in [0, 0.1) is 11.3 Å². The molecule has 4 rings (SSSR count). The number of esters is 1. The summed E-state index contributed by atoms with van der Waals surface area (Å²) in [5, 5.41) is 18.4. The van der Waals surface area contributed by atoms with Crippen molar-refractivity contribution in [1.29, 1.82) is 5.26 Å². The van der Waals surface area contributed by atoms with Crippen LogP contribution in [0.4, 0.5) is 5.00 Å². The van der Waals surface area contributed by atoms with Gasteiger partial charge < -0.3 is 19.5 Å². The molecule has 0 saturated heterocycles. The Kier molecular flexibility index (Phi) is 9.68. The molecular formula is C31H29ClN4O5S. The van der Waals surface area contributed by atoms with Crippen molar-refractivity contribution in [3.8, 4) is 28.8 Å². The topological polar surface area (TPSA) is 115 Å². The van der Waals surface area contributed by atoms with Crippen LogP contribution in [-0.2, 0) is 16.1 Å². The quantitative estimate of drug-likeness (QED) is 0.120. The Hall–Kier alpha value is -4.59. The minimum absolute atomic E-state index is 0.128. The number of amides is 1. The molecule has 2 aromatic heterocycles. The first-order valence-electron chi connectivity index (χ1n) is 12.9. The Morgan fingerprint density at radius 3 is 2.50 bits per heavy atom. The number of nitriles is 1. The molecule has 0 radical (unpaired) electrons. The Morgan fingerprint density at radius 1 is 1.12 bits per heavy atom. The molecule has 2 heterocycles. The Bertz CT molecular complexity index is 1700. The lowest BCUT2D eigenvalue weighted by Crippen LogP contribution is -2.15. The Labute approximate surface area is 252 Å². The molecule has 11 heteroatoms. The molecule has 4 aromatic rings. The van der Waals surface area contributed by atoms with Crippen LogP contribution in [0.2, 0.25) is 5.02 Å². The highest BCUT2D eigenvalue weighted by molar-refractivity contribution is 7.16. The van der Waals surface area contributed by atoms with Crippen LogP contribution >= 0.6 is 22.9 Å². The van der Waals surface area contributed by atoms with Gasteiger partial charge in [-0.1, -0.05) is 43.6 Å². The summed E-state index contributed by atoms with van der Waals surface area (Å²) in [6, 6.07) is 16.4. The van der Waals surface area contributed by atoms with Crippen molar-refractivity contribution in [3.63, 3.8) is 0 Å². The summed E-state index contributed by atoms with van der Waals surface area (Å²) < 4.78 is 17.4. The van der Waals surface area contributed by atoms with Crippen molar-refractivity contribution in [1.82, 2.24) is 9.78 Å². The van der Waals surface area contributed by atoms with Crippen molar-refractivity contribution >= 4 is 45.9 Å². The molecule has 9 nitrogen and oxygen atoms in total. The average Bonchev–Trinajstić information content (AvgIpc) is 3.60. The third kappa shape index (κ3) is 6.65. The van der Waals surface area contributed by atoms with Crippen LogP contribution in [0.1, 0.15) is 46.1 Å². The summed E-state index contributed by atoms with van der Waals surface area (Å²) in [5.41, 5.74) is 2.62. The zero-order chi connectivity index (χ0) is 30.4. The predicted octanol–water partition coefficient (Wildman–Crippen LogP) is 6.79. The van der Waals surface area contributed by atoms with Gasteiger partial charge in [0.25, 0.3) is 5.91 Å². The molecular weight excluding hydrogens is 576 g/mol. The van der Waals surface area contributed by atoms with E-state index in [1.807, 2.05) is 44.2 Å². The van der Waals surface area contributed by atoms with E-state index in [0.717, 1.165) is 10.4 Å². The van der Waals surface area contributed by atoms with E-state index in [1.165, 1.54) is 31.6 Å². The van der Waals surface area contributed by atoms with Gasteiger partial charge in [0.1, 0.15) is 16.6 Å². The molecule has 216 valence electrons. The van der Waals surface area contributed by atoms with E-state index in [1.54, 1.807) is 42.3 Å².